The number of aliphatic hydroxyl groups excluding tert-OH is 3. The zero-order valence-corrected chi connectivity index (χ0v) is 17.0. The van der Waals surface area contributed by atoms with E-state index in [0.717, 1.165) is 26.2 Å². The molecule has 0 aromatic heterocycles. The van der Waals surface area contributed by atoms with Crippen molar-refractivity contribution in [2.45, 2.75) is 72.3 Å². The summed E-state index contributed by atoms with van der Waals surface area (Å²) in [4.78, 5) is 37.8. The first-order valence-electron chi connectivity index (χ1n) is 8.60. The monoisotopic (exact) mass is 416 g/mol. The topological polar surface area (TPSA) is 210 Å². The fourth-order valence-corrected chi connectivity index (χ4v) is 0.699. The molecular formula is C17H36O11. The second kappa shape index (κ2) is 32.4. The Morgan fingerprint density at radius 1 is 0.643 bits per heavy atom. The van der Waals surface area contributed by atoms with E-state index < -0.39 is 30.0 Å². The molecule has 0 unspecified atom stereocenters. The maximum atomic E-state index is 9.60. The van der Waals surface area contributed by atoms with E-state index in [1.165, 1.54) is 0 Å². The smallest absolute Gasteiger partial charge is 0.303 e. The zero-order chi connectivity index (χ0) is 23.5. The average molecular weight is 416 g/mol. The van der Waals surface area contributed by atoms with E-state index in [2.05, 4.69) is 0 Å². The molecule has 0 radical (unpaired) electrons. The minimum absolute atomic E-state index is 0.292. The van der Waals surface area contributed by atoms with Gasteiger partial charge in [-0.2, -0.15) is 0 Å². The van der Waals surface area contributed by atoms with Crippen LogP contribution in [0.4, 0.5) is 0 Å². The predicted octanol–water partition coefficient (Wildman–Crippen LogP) is 1.04. The molecule has 0 atom stereocenters. The van der Waals surface area contributed by atoms with E-state index in [1.54, 1.807) is 0 Å². The van der Waals surface area contributed by atoms with Crippen molar-refractivity contribution in [1.82, 2.24) is 0 Å². The van der Waals surface area contributed by atoms with Crippen LogP contribution in [0.25, 0.3) is 0 Å². The first-order valence-corrected chi connectivity index (χ1v) is 8.60. The summed E-state index contributed by atoms with van der Waals surface area (Å²) in [6.45, 7) is 5.88. The molecule has 0 aromatic rings. The Morgan fingerprint density at radius 3 is 0.821 bits per heavy atom. The van der Waals surface area contributed by atoms with E-state index in [0.29, 0.717) is 19.3 Å². The number of hydrogen-bond donors (Lipinski definition) is 7. The second-order valence-electron chi connectivity index (χ2n) is 4.97. The molecule has 0 bridgehead atoms. The molecule has 0 saturated carbocycles. The second-order valence-corrected chi connectivity index (χ2v) is 4.97. The van der Waals surface area contributed by atoms with Gasteiger partial charge in [0, 0.05) is 26.2 Å². The van der Waals surface area contributed by atoms with Gasteiger partial charge >= 0.3 is 17.9 Å². The molecule has 11 nitrogen and oxygen atoms in total. The van der Waals surface area contributed by atoms with Gasteiger partial charge in [-0.3, -0.25) is 19.2 Å². The third-order valence-electron chi connectivity index (χ3n) is 1.81. The zero-order valence-electron chi connectivity index (χ0n) is 17.0. The summed E-state index contributed by atoms with van der Waals surface area (Å²) in [6.07, 6.45) is 2.12. The summed E-state index contributed by atoms with van der Waals surface area (Å²) in [5, 5.41) is 55.2. The standard InChI is InChI=1S/3C4H8O2.C3H8O3.C2H4O2/c3*1-2-3-4(5)6;4-1-3(6)2-5;1-2(3)4/h3*2-3H2,1H3,(H,5,6);3-6H,1-2H2;1H3,(H,3,4). The van der Waals surface area contributed by atoms with Crippen molar-refractivity contribution < 1.29 is 54.9 Å². The average Bonchev–Trinajstić information content (AvgIpc) is 2.55. The van der Waals surface area contributed by atoms with Crippen LogP contribution in [0.1, 0.15) is 66.2 Å². The lowest BCUT2D eigenvalue weighted by Crippen LogP contribution is -2.15. The molecule has 0 aromatic carbocycles. The van der Waals surface area contributed by atoms with Crippen LogP contribution in [0.15, 0.2) is 0 Å². The fraction of sp³-hybridized carbons (Fsp3) is 0.765. The highest BCUT2D eigenvalue weighted by Gasteiger charge is 1.93. The number of aliphatic carboxylic acids is 4. The van der Waals surface area contributed by atoms with Gasteiger partial charge in [0.1, 0.15) is 6.10 Å². The first kappa shape index (κ1) is 36.6. The van der Waals surface area contributed by atoms with E-state index in [-0.39, 0.29) is 13.2 Å². The molecule has 0 aliphatic heterocycles. The Hall–Kier alpha value is -2.24. The lowest BCUT2D eigenvalue weighted by atomic mass is 10.4. The SMILES string of the molecule is CC(=O)O.CCCC(=O)O.CCCC(=O)O.CCCC(=O)O.OCC(O)CO. The molecule has 7 N–H and O–H groups in total. The van der Waals surface area contributed by atoms with Gasteiger partial charge in [-0.15, -0.1) is 0 Å². The van der Waals surface area contributed by atoms with Crippen molar-refractivity contribution in [3.05, 3.63) is 0 Å². The summed E-state index contributed by atoms with van der Waals surface area (Å²) in [7, 11) is 0. The Bertz CT molecular complexity index is 324. The minimum Gasteiger partial charge on any atom is -0.481 e. The Labute approximate surface area is 165 Å². The number of carboxylic acids is 4. The lowest BCUT2D eigenvalue weighted by molar-refractivity contribution is -0.138. The van der Waals surface area contributed by atoms with Gasteiger partial charge in [-0.25, -0.2) is 0 Å². The molecule has 0 heterocycles. The largest absolute Gasteiger partial charge is 0.481 e. The third-order valence-corrected chi connectivity index (χ3v) is 1.81. The minimum atomic E-state index is -0.954. The summed E-state index contributed by atoms with van der Waals surface area (Å²) < 4.78 is 0. The summed E-state index contributed by atoms with van der Waals surface area (Å²) in [5.41, 5.74) is 0. The molecular weight excluding hydrogens is 380 g/mol. The van der Waals surface area contributed by atoms with Gasteiger partial charge in [0.15, 0.2) is 0 Å². The maximum Gasteiger partial charge on any atom is 0.303 e. The van der Waals surface area contributed by atoms with E-state index in [9.17, 15) is 14.4 Å². The van der Waals surface area contributed by atoms with Crippen LogP contribution < -0.4 is 0 Å². The summed E-state index contributed by atoms with van der Waals surface area (Å²) in [5.74, 6) is -2.97. The highest BCUT2D eigenvalue weighted by Crippen LogP contribution is 1.83. The Kier molecular flexibility index (Phi) is 42.4. The molecule has 170 valence electrons. The maximum absolute atomic E-state index is 9.60. The Morgan fingerprint density at radius 2 is 0.821 bits per heavy atom. The predicted molar refractivity (Wildman–Crippen MR) is 101 cm³/mol. The summed E-state index contributed by atoms with van der Waals surface area (Å²) in [6, 6.07) is 0. The van der Waals surface area contributed by atoms with Crippen molar-refractivity contribution >= 4 is 23.9 Å². The number of hydrogen-bond acceptors (Lipinski definition) is 7. The van der Waals surface area contributed by atoms with Crippen LogP contribution in [0, 0.1) is 0 Å². The van der Waals surface area contributed by atoms with Crippen molar-refractivity contribution in [3.63, 3.8) is 0 Å². The lowest BCUT2D eigenvalue weighted by Gasteiger charge is -1.96. The first-order chi connectivity index (χ1) is 12.9. The van der Waals surface area contributed by atoms with Gasteiger partial charge in [0.05, 0.1) is 13.2 Å². The van der Waals surface area contributed by atoms with Crippen molar-refractivity contribution in [1.29, 1.82) is 0 Å². The van der Waals surface area contributed by atoms with Gasteiger partial charge in [-0.05, 0) is 19.3 Å². The molecule has 0 aliphatic carbocycles. The third kappa shape index (κ3) is 106. The van der Waals surface area contributed by atoms with Crippen LogP contribution in [0.2, 0.25) is 0 Å². The highest BCUT2D eigenvalue weighted by molar-refractivity contribution is 5.67. The van der Waals surface area contributed by atoms with Crippen LogP contribution >= 0.6 is 0 Å². The normalized spacial score (nSPS) is 8.29. The molecule has 0 amide bonds. The van der Waals surface area contributed by atoms with Gasteiger partial charge in [-0.1, -0.05) is 20.8 Å². The van der Waals surface area contributed by atoms with Gasteiger partial charge in [0.2, 0.25) is 0 Å². The fourth-order valence-electron chi connectivity index (χ4n) is 0.699. The van der Waals surface area contributed by atoms with E-state index in [1.807, 2.05) is 20.8 Å². The molecule has 0 aliphatic rings. The van der Waals surface area contributed by atoms with Crippen LogP contribution in [0.5, 0.6) is 0 Å². The quantitative estimate of drug-likeness (QED) is 0.297. The van der Waals surface area contributed by atoms with Crippen molar-refractivity contribution in [2.24, 2.45) is 0 Å². The molecule has 0 spiro atoms. The van der Waals surface area contributed by atoms with Crippen LogP contribution in [-0.2, 0) is 19.2 Å². The van der Waals surface area contributed by atoms with Crippen molar-refractivity contribution in [2.75, 3.05) is 13.2 Å². The number of rotatable bonds is 8. The van der Waals surface area contributed by atoms with E-state index >= 15 is 0 Å². The highest BCUT2D eigenvalue weighted by atomic mass is 16.4. The number of carbonyl (C=O) groups is 4. The van der Waals surface area contributed by atoms with Crippen LogP contribution in [0.3, 0.4) is 0 Å². The summed E-state index contributed by atoms with van der Waals surface area (Å²) >= 11 is 0. The Balaban J connectivity index is -0.0000000793. The van der Waals surface area contributed by atoms with Crippen molar-refractivity contribution in [3.8, 4) is 0 Å². The molecule has 0 saturated heterocycles. The molecule has 11 heteroatoms. The number of aliphatic hydroxyl groups is 3. The van der Waals surface area contributed by atoms with Gasteiger partial charge in [0.25, 0.3) is 5.97 Å². The van der Waals surface area contributed by atoms with E-state index in [4.69, 9.17) is 40.5 Å². The molecule has 0 rings (SSSR count). The van der Waals surface area contributed by atoms with Gasteiger partial charge < -0.3 is 35.7 Å². The number of carboxylic acid groups (broad SMARTS) is 4. The molecule has 28 heavy (non-hydrogen) atoms. The molecule has 0 fully saturated rings. The van der Waals surface area contributed by atoms with Crippen LogP contribution in [-0.4, -0.2) is 78.9 Å².